The summed E-state index contributed by atoms with van der Waals surface area (Å²) in [5.74, 6) is 0.315. The van der Waals surface area contributed by atoms with Crippen molar-refractivity contribution in [3.05, 3.63) is 51.8 Å². The summed E-state index contributed by atoms with van der Waals surface area (Å²) in [6.45, 7) is 9.73. The van der Waals surface area contributed by atoms with Crippen LogP contribution in [0, 0.1) is 19.8 Å². The van der Waals surface area contributed by atoms with Crippen LogP contribution < -0.4 is 0 Å². The molecule has 0 unspecified atom stereocenters. The molecule has 1 atom stereocenters. The summed E-state index contributed by atoms with van der Waals surface area (Å²) in [5.41, 5.74) is 4.13. The van der Waals surface area contributed by atoms with Gasteiger partial charge in [0.25, 0.3) is 0 Å². The van der Waals surface area contributed by atoms with Crippen LogP contribution in [0.1, 0.15) is 46.9 Å². The van der Waals surface area contributed by atoms with Gasteiger partial charge in [-0.15, -0.1) is 0 Å². The molecule has 0 amide bonds. The number of carbonyl (C=O) groups is 1. The molecule has 25 heavy (non-hydrogen) atoms. The number of likely N-dealkylation sites (tertiary alicyclic amines) is 1. The number of carbonyl (C=O) groups excluding carboxylic acids is 1. The van der Waals surface area contributed by atoms with Crippen molar-refractivity contribution < 1.29 is 4.79 Å². The Morgan fingerprint density at radius 1 is 1.36 bits per heavy atom. The Kier molecular flexibility index (Phi) is 5.60. The van der Waals surface area contributed by atoms with Crippen molar-refractivity contribution in [1.29, 1.82) is 0 Å². The van der Waals surface area contributed by atoms with Gasteiger partial charge in [0, 0.05) is 47.9 Å². The van der Waals surface area contributed by atoms with Crippen LogP contribution in [0.5, 0.6) is 0 Å². The maximum Gasteiger partial charge on any atom is 0.167 e. The van der Waals surface area contributed by atoms with Gasteiger partial charge in [-0.25, -0.2) is 0 Å². The monoisotopic (exact) mass is 359 g/mol. The zero-order chi connectivity index (χ0) is 18.0. The van der Waals surface area contributed by atoms with Crippen molar-refractivity contribution in [1.82, 2.24) is 14.7 Å². The van der Waals surface area contributed by atoms with Gasteiger partial charge in [0.2, 0.25) is 0 Å². The topological polar surface area (TPSA) is 38.1 Å². The molecular weight excluding hydrogens is 334 g/mol. The molecule has 3 rings (SSSR count). The molecule has 5 heteroatoms. The number of piperidine rings is 1. The lowest BCUT2D eigenvalue weighted by atomic mass is 9.88. The predicted octanol–water partition coefficient (Wildman–Crippen LogP) is 4.27. The van der Waals surface area contributed by atoms with E-state index < -0.39 is 0 Å². The van der Waals surface area contributed by atoms with E-state index in [1.807, 2.05) is 29.8 Å². The molecule has 0 aliphatic carbocycles. The Hall–Kier alpha value is -1.65. The van der Waals surface area contributed by atoms with E-state index in [2.05, 4.69) is 30.0 Å². The second-order valence-electron chi connectivity index (χ2n) is 6.99. The van der Waals surface area contributed by atoms with E-state index in [0.717, 1.165) is 55.8 Å². The molecule has 1 fully saturated rings. The van der Waals surface area contributed by atoms with Gasteiger partial charge in [0.05, 0.1) is 5.69 Å². The second kappa shape index (κ2) is 7.71. The first-order chi connectivity index (χ1) is 12.0. The van der Waals surface area contributed by atoms with E-state index in [1.165, 1.54) is 5.56 Å². The maximum atomic E-state index is 13.0. The summed E-state index contributed by atoms with van der Waals surface area (Å²) in [6.07, 6.45) is 4.15. The highest BCUT2D eigenvalue weighted by Crippen LogP contribution is 2.25. The van der Waals surface area contributed by atoms with E-state index in [4.69, 9.17) is 11.6 Å². The standard InChI is InChI=1S/C20H26ClN3O/c1-4-24-13-17(15(3)22-24)12-23-9-5-6-16(11-23)20(25)19-8-7-18(21)10-14(19)2/h7-8,10,13,16H,4-6,9,11-12H2,1-3H3/t16-/m0/s1. The number of Topliss-reactive ketones (excluding diaryl/α,β-unsaturated/α-hetero) is 1. The van der Waals surface area contributed by atoms with Crippen molar-refractivity contribution >= 4 is 17.4 Å². The molecular formula is C20H26ClN3O. The first-order valence-corrected chi connectivity index (χ1v) is 9.41. The average molecular weight is 360 g/mol. The largest absolute Gasteiger partial charge is 0.298 e. The van der Waals surface area contributed by atoms with Crippen LogP contribution in [0.4, 0.5) is 0 Å². The Bertz CT molecular complexity index is 768. The maximum absolute atomic E-state index is 13.0. The van der Waals surface area contributed by atoms with Crippen LogP contribution in [0.2, 0.25) is 5.02 Å². The summed E-state index contributed by atoms with van der Waals surface area (Å²) in [7, 11) is 0. The third-order valence-electron chi connectivity index (χ3n) is 5.10. The van der Waals surface area contributed by atoms with Crippen molar-refractivity contribution in [2.24, 2.45) is 5.92 Å². The molecule has 0 spiro atoms. The van der Waals surface area contributed by atoms with E-state index in [0.29, 0.717) is 5.02 Å². The van der Waals surface area contributed by atoms with Gasteiger partial charge in [-0.3, -0.25) is 14.4 Å². The Morgan fingerprint density at radius 3 is 2.84 bits per heavy atom. The smallest absolute Gasteiger partial charge is 0.167 e. The Balaban J connectivity index is 1.70. The first-order valence-electron chi connectivity index (χ1n) is 9.03. The normalized spacial score (nSPS) is 18.5. The van der Waals surface area contributed by atoms with Crippen molar-refractivity contribution in [2.75, 3.05) is 13.1 Å². The minimum atomic E-state index is 0.0650. The molecule has 2 aromatic rings. The number of ketones is 1. The number of aromatic nitrogens is 2. The average Bonchev–Trinajstić information content (AvgIpc) is 2.94. The highest BCUT2D eigenvalue weighted by atomic mass is 35.5. The second-order valence-corrected chi connectivity index (χ2v) is 7.43. The van der Waals surface area contributed by atoms with E-state index in [-0.39, 0.29) is 11.7 Å². The summed E-state index contributed by atoms with van der Waals surface area (Å²) in [5, 5.41) is 5.21. The number of nitrogens with zero attached hydrogens (tertiary/aromatic N) is 3. The number of hydrogen-bond acceptors (Lipinski definition) is 3. The zero-order valence-electron chi connectivity index (χ0n) is 15.3. The van der Waals surface area contributed by atoms with Gasteiger partial charge in [0.1, 0.15) is 0 Å². The number of benzene rings is 1. The third kappa shape index (κ3) is 4.13. The lowest BCUT2D eigenvalue weighted by Gasteiger charge is -2.32. The van der Waals surface area contributed by atoms with Crippen LogP contribution in [-0.4, -0.2) is 33.6 Å². The quantitative estimate of drug-likeness (QED) is 0.748. The number of halogens is 1. The van der Waals surface area contributed by atoms with Gasteiger partial charge in [-0.2, -0.15) is 5.10 Å². The summed E-state index contributed by atoms with van der Waals surface area (Å²) in [4.78, 5) is 15.4. The van der Waals surface area contributed by atoms with Gasteiger partial charge in [-0.05, 0) is 63.9 Å². The Labute approximate surface area is 154 Å². The molecule has 134 valence electrons. The molecule has 1 aromatic carbocycles. The summed E-state index contributed by atoms with van der Waals surface area (Å²) >= 11 is 6.02. The summed E-state index contributed by atoms with van der Waals surface area (Å²) in [6, 6.07) is 5.55. The minimum absolute atomic E-state index is 0.0650. The number of aryl methyl sites for hydroxylation is 3. The van der Waals surface area contributed by atoms with E-state index >= 15 is 0 Å². The van der Waals surface area contributed by atoms with Crippen molar-refractivity contribution in [3.63, 3.8) is 0 Å². The fraction of sp³-hybridized carbons (Fsp3) is 0.500. The molecule has 4 nitrogen and oxygen atoms in total. The summed E-state index contributed by atoms with van der Waals surface area (Å²) < 4.78 is 1.98. The lowest BCUT2D eigenvalue weighted by molar-refractivity contribution is 0.0811. The van der Waals surface area contributed by atoms with Crippen molar-refractivity contribution in [3.8, 4) is 0 Å². The molecule has 0 bridgehead atoms. The van der Waals surface area contributed by atoms with Gasteiger partial charge in [0.15, 0.2) is 5.78 Å². The molecule has 0 N–H and O–H groups in total. The van der Waals surface area contributed by atoms with E-state index in [1.54, 1.807) is 0 Å². The van der Waals surface area contributed by atoms with Crippen LogP contribution >= 0.6 is 11.6 Å². The predicted molar refractivity (Wildman–Crippen MR) is 101 cm³/mol. The van der Waals surface area contributed by atoms with Crippen LogP contribution in [0.25, 0.3) is 0 Å². The molecule has 0 saturated carbocycles. The molecule has 1 aliphatic rings. The zero-order valence-corrected chi connectivity index (χ0v) is 16.0. The van der Waals surface area contributed by atoms with Crippen LogP contribution in [0.3, 0.4) is 0 Å². The lowest BCUT2D eigenvalue weighted by Crippen LogP contribution is -2.38. The third-order valence-corrected chi connectivity index (χ3v) is 5.33. The van der Waals surface area contributed by atoms with Gasteiger partial charge < -0.3 is 0 Å². The van der Waals surface area contributed by atoms with Gasteiger partial charge in [-0.1, -0.05) is 11.6 Å². The molecule has 1 saturated heterocycles. The number of rotatable bonds is 5. The SMILES string of the molecule is CCn1cc(CN2CCC[C@H](C(=O)c3ccc(Cl)cc3C)C2)c(C)n1. The molecule has 1 aromatic heterocycles. The van der Waals surface area contributed by atoms with Crippen molar-refractivity contribution in [2.45, 2.75) is 46.7 Å². The molecule has 1 aliphatic heterocycles. The number of hydrogen-bond donors (Lipinski definition) is 0. The van der Waals surface area contributed by atoms with Crippen LogP contribution in [0.15, 0.2) is 24.4 Å². The first kappa shape index (κ1) is 18.2. The molecule has 0 radical (unpaired) electrons. The fourth-order valence-corrected chi connectivity index (χ4v) is 3.88. The van der Waals surface area contributed by atoms with E-state index in [9.17, 15) is 4.79 Å². The highest BCUT2D eigenvalue weighted by Gasteiger charge is 2.27. The molecule has 2 heterocycles. The van der Waals surface area contributed by atoms with Crippen LogP contribution in [-0.2, 0) is 13.1 Å². The highest BCUT2D eigenvalue weighted by molar-refractivity contribution is 6.30. The van der Waals surface area contributed by atoms with Gasteiger partial charge >= 0.3 is 0 Å². The minimum Gasteiger partial charge on any atom is -0.298 e. The Morgan fingerprint density at radius 2 is 2.16 bits per heavy atom. The fourth-order valence-electron chi connectivity index (χ4n) is 3.65.